The largest absolute Gasteiger partial charge is 0.392 e. The van der Waals surface area contributed by atoms with Crippen molar-refractivity contribution in [2.24, 2.45) is 0 Å². The van der Waals surface area contributed by atoms with Crippen LogP contribution >= 0.6 is 0 Å². The van der Waals surface area contributed by atoms with Gasteiger partial charge in [-0.25, -0.2) is 0 Å². The number of aromatic nitrogens is 4. The van der Waals surface area contributed by atoms with Crippen molar-refractivity contribution in [2.75, 3.05) is 0 Å². The molecule has 0 aliphatic heterocycles. The molecule has 0 bridgehead atoms. The van der Waals surface area contributed by atoms with E-state index in [-0.39, 0.29) is 6.61 Å². The third-order valence-electron chi connectivity index (χ3n) is 4.73. The summed E-state index contributed by atoms with van der Waals surface area (Å²) in [6.45, 7) is 2.06. The highest BCUT2D eigenvalue weighted by atomic mass is 16.3. The van der Waals surface area contributed by atoms with Gasteiger partial charge < -0.3 is 14.7 Å². The van der Waals surface area contributed by atoms with Crippen LogP contribution in [0.1, 0.15) is 42.9 Å². The molecule has 0 amide bonds. The van der Waals surface area contributed by atoms with Crippen LogP contribution < -0.4 is 0 Å². The van der Waals surface area contributed by atoms with Gasteiger partial charge in [-0.2, -0.15) is 0 Å². The van der Waals surface area contributed by atoms with Crippen molar-refractivity contribution in [2.45, 2.75) is 45.3 Å². The molecule has 2 aromatic heterocycles. The number of aliphatic hydroxyl groups excluding tert-OH is 1. The molecule has 22 heavy (non-hydrogen) atoms. The second-order valence-corrected chi connectivity index (χ2v) is 6.19. The van der Waals surface area contributed by atoms with Gasteiger partial charge in [0.2, 0.25) is 0 Å². The number of rotatable bonds is 3. The predicted octanol–water partition coefficient (Wildman–Crippen LogP) is 3.34. The summed E-state index contributed by atoms with van der Waals surface area (Å²) in [5, 5.41) is 19.4. The number of hydrogen-bond donors (Lipinski definition) is 2. The molecule has 3 aromatic rings. The number of fused-ring (bicyclic) bond motifs is 1. The molecule has 5 heteroatoms. The Hall–Kier alpha value is -2.14. The summed E-state index contributed by atoms with van der Waals surface area (Å²) in [7, 11) is 0. The SMILES string of the molecule is Cc1ccc2[nH]c(-c3nncn3C3CCCC3)c(CO)c2c1. The summed E-state index contributed by atoms with van der Waals surface area (Å²) in [6, 6.07) is 6.72. The maximum absolute atomic E-state index is 9.87. The zero-order chi connectivity index (χ0) is 15.1. The highest BCUT2D eigenvalue weighted by molar-refractivity contribution is 5.90. The van der Waals surface area contributed by atoms with E-state index in [9.17, 15) is 5.11 Å². The Labute approximate surface area is 129 Å². The summed E-state index contributed by atoms with van der Waals surface area (Å²) in [5.74, 6) is 0.838. The average Bonchev–Trinajstić information content (AvgIpc) is 3.24. The lowest BCUT2D eigenvalue weighted by atomic mass is 10.1. The molecule has 114 valence electrons. The van der Waals surface area contributed by atoms with Gasteiger partial charge in [0.1, 0.15) is 6.33 Å². The quantitative estimate of drug-likeness (QED) is 0.779. The second-order valence-electron chi connectivity index (χ2n) is 6.19. The second kappa shape index (κ2) is 5.25. The summed E-state index contributed by atoms with van der Waals surface area (Å²) < 4.78 is 2.17. The first-order chi connectivity index (χ1) is 10.8. The van der Waals surface area contributed by atoms with Crippen molar-refractivity contribution in [3.8, 4) is 11.5 Å². The monoisotopic (exact) mass is 296 g/mol. The minimum Gasteiger partial charge on any atom is -0.392 e. The number of benzene rings is 1. The average molecular weight is 296 g/mol. The number of H-pyrrole nitrogens is 1. The van der Waals surface area contributed by atoms with Crippen LogP contribution in [-0.2, 0) is 6.61 Å². The smallest absolute Gasteiger partial charge is 0.180 e. The van der Waals surface area contributed by atoms with Crippen LogP contribution in [0.2, 0.25) is 0 Å². The van der Waals surface area contributed by atoms with Gasteiger partial charge in [-0.15, -0.1) is 10.2 Å². The number of nitrogens with one attached hydrogen (secondary N) is 1. The van der Waals surface area contributed by atoms with Crippen LogP contribution in [0, 0.1) is 6.92 Å². The summed E-state index contributed by atoms with van der Waals surface area (Å²) in [5.41, 5.74) is 4.02. The minimum absolute atomic E-state index is 0.00366. The van der Waals surface area contributed by atoms with E-state index in [1.807, 2.05) is 6.33 Å². The lowest BCUT2D eigenvalue weighted by Gasteiger charge is -2.13. The molecular weight excluding hydrogens is 276 g/mol. The molecule has 0 saturated heterocycles. The summed E-state index contributed by atoms with van der Waals surface area (Å²) in [6.07, 6.45) is 6.71. The van der Waals surface area contributed by atoms with Crippen LogP contribution in [0.15, 0.2) is 24.5 Å². The van der Waals surface area contributed by atoms with Crippen molar-refractivity contribution in [1.29, 1.82) is 0 Å². The Morgan fingerprint density at radius 1 is 1.32 bits per heavy atom. The molecule has 1 aromatic carbocycles. The van der Waals surface area contributed by atoms with E-state index < -0.39 is 0 Å². The number of aromatic amines is 1. The van der Waals surface area contributed by atoms with E-state index in [4.69, 9.17) is 0 Å². The van der Waals surface area contributed by atoms with Crippen LogP contribution in [0.3, 0.4) is 0 Å². The Balaban J connectivity index is 1.89. The number of aryl methyl sites for hydroxylation is 1. The van der Waals surface area contributed by atoms with Gasteiger partial charge in [-0.1, -0.05) is 24.5 Å². The highest BCUT2D eigenvalue weighted by Crippen LogP contribution is 2.35. The Morgan fingerprint density at radius 2 is 2.14 bits per heavy atom. The highest BCUT2D eigenvalue weighted by Gasteiger charge is 2.23. The lowest BCUT2D eigenvalue weighted by molar-refractivity contribution is 0.283. The third kappa shape index (κ3) is 2.04. The Morgan fingerprint density at radius 3 is 2.91 bits per heavy atom. The van der Waals surface area contributed by atoms with Crippen LogP contribution in [0.4, 0.5) is 0 Å². The molecular formula is C17H20N4O. The van der Waals surface area contributed by atoms with E-state index in [0.717, 1.165) is 28.0 Å². The van der Waals surface area contributed by atoms with E-state index in [0.29, 0.717) is 6.04 Å². The molecule has 1 aliphatic carbocycles. The lowest BCUT2D eigenvalue weighted by Crippen LogP contribution is -2.06. The Bertz CT molecular complexity index is 811. The summed E-state index contributed by atoms with van der Waals surface area (Å²) in [4.78, 5) is 3.43. The molecule has 1 saturated carbocycles. The predicted molar refractivity (Wildman–Crippen MR) is 85.5 cm³/mol. The fourth-order valence-electron chi connectivity index (χ4n) is 3.59. The molecule has 4 rings (SSSR count). The van der Waals surface area contributed by atoms with Crippen LogP contribution in [0.5, 0.6) is 0 Å². The van der Waals surface area contributed by atoms with Gasteiger partial charge in [0.25, 0.3) is 0 Å². The first-order valence-electron chi connectivity index (χ1n) is 7.90. The Kier molecular flexibility index (Phi) is 3.22. The van der Waals surface area contributed by atoms with E-state index >= 15 is 0 Å². The molecule has 0 unspecified atom stereocenters. The van der Waals surface area contributed by atoms with Gasteiger partial charge in [-0.05, 0) is 31.9 Å². The summed E-state index contributed by atoms with van der Waals surface area (Å²) >= 11 is 0. The molecule has 2 heterocycles. The molecule has 1 aliphatic rings. The van der Waals surface area contributed by atoms with Crippen molar-refractivity contribution in [1.82, 2.24) is 19.7 Å². The van der Waals surface area contributed by atoms with Crippen molar-refractivity contribution >= 4 is 10.9 Å². The number of nitrogens with zero attached hydrogens (tertiary/aromatic N) is 3. The normalized spacial score (nSPS) is 15.9. The zero-order valence-electron chi connectivity index (χ0n) is 12.7. The van der Waals surface area contributed by atoms with Crippen molar-refractivity contribution < 1.29 is 5.11 Å². The maximum Gasteiger partial charge on any atom is 0.180 e. The fourth-order valence-corrected chi connectivity index (χ4v) is 3.59. The first-order valence-corrected chi connectivity index (χ1v) is 7.90. The molecule has 1 fully saturated rings. The molecule has 2 N–H and O–H groups in total. The fraction of sp³-hybridized carbons (Fsp3) is 0.412. The van der Waals surface area contributed by atoms with Gasteiger partial charge in [0.15, 0.2) is 5.82 Å². The molecule has 5 nitrogen and oxygen atoms in total. The number of aliphatic hydroxyl groups is 1. The molecule has 0 radical (unpaired) electrons. The third-order valence-corrected chi connectivity index (χ3v) is 4.73. The van der Waals surface area contributed by atoms with Crippen molar-refractivity contribution in [3.05, 3.63) is 35.7 Å². The minimum atomic E-state index is -0.00366. The van der Waals surface area contributed by atoms with Crippen LogP contribution in [0.25, 0.3) is 22.4 Å². The topological polar surface area (TPSA) is 66.7 Å². The van der Waals surface area contributed by atoms with Gasteiger partial charge in [0.05, 0.1) is 12.3 Å². The van der Waals surface area contributed by atoms with E-state index in [2.05, 4.69) is 44.9 Å². The maximum atomic E-state index is 9.87. The standard InChI is InChI=1S/C17H20N4O/c1-11-6-7-15-13(8-11)14(9-22)16(19-15)17-20-18-10-21(17)12-4-2-3-5-12/h6-8,10,12,19,22H,2-5,9H2,1H3. The van der Waals surface area contributed by atoms with Gasteiger partial charge >= 0.3 is 0 Å². The zero-order valence-corrected chi connectivity index (χ0v) is 12.7. The molecule has 0 spiro atoms. The van der Waals surface area contributed by atoms with E-state index in [1.54, 1.807) is 0 Å². The first kappa shape index (κ1) is 13.5. The molecule has 0 atom stereocenters. The van der Waals surface area contributed by atoms with E-state index in [1.165, 1.54) is 31.2 Å². The van der Waals surface area contributed by atoms with Gasteiger partial charge in [0, 0.05) is 22.5 Å². The van der Waals surface area contributed by atoms with Gasteiger partial charge in [-0.3, -0.25) is 0 Å². The van der Waals surface area contributed by atoms with Crippen molar-refractivity contribution in [3.63, 3.8) is 0 Å². The van der Waals surface area contributed by atoms with Crippen LogP contribution in [-0.4, -0.2) is 24.9 Å². The number of hydrogen-bond acceptors (Lipinski definition) is 3.